The predicted octanol–water partition coefficient (Wildman–Crippen LogP) is 0.787. The largest absolute Gasteiger partial charge is 0.352 e. The Labute approximate surface area is 137 Å². The molecule has 1 saturated heterocycles. The van der Waals surface area contributed by atoms with Crippen molar-refractivity contribution >= 4 is 16.1 Å². The van der Waals surface area contributed by atoms with E-state index >= 15 is 0 Å². The third-order valence-electron chi connectivity index (χ3n) is 4.66. The summed E-state index contributed by atoms with van der Waals surface area (Å²) < 4.78 is 26.8. The lowest BCUT2D eigenvalue weighted by molar-refractivity contribution is -0.124. The molecule has 0 bridgehead atoms. The normalized spacial score (nSPS) is 28.0. The molecule has 1 unspecified atom stereocenters. The zero-order chi connectivity index (χ0) is 16.6. The Kier molecular flexibility index (Phi) is 4.44. The van der Waals surface area contributed by atoms with Gasteiger partial charge in [0.1, 0.15) is 0 Å². The lowest BCUT2D eigenvalue weighted by atomic mass is 10.1. The zero-order valence-electron chi connectivity index (χ0n) is 13.5. The minimum atomic E-state index is -3.42. The van der Waals surface area contributed by atoms with Crippen LogP contribution in [0.25, 0.3) is 0 Å². The summed E-state index contributed by atoms with van der Waals surface area (Å²) in [6, 6.07) is 10.3. The molecule has 0 radical (unpaired) electrons. The molecule has 1 aromatic rings. The average Bonchev–Trinajstić information content (AvgIpc) is 3.10. The monoisotopic (exact) mass is 337 g/mol. The molecule has 0 spiro atoms. The van der Waals surface area contributed by atoms with Crippen molar-refractivity contribution in [2.24, 2.45) is 5.92 Å². The standard InChI is InChI=1S/C16H23N3O3S/c1-18(2)23(21,22)19-9-8-13(11-19)16(20)17-15-10-14(15)12-6-4-3-5-7-12/h3-7,13-15H,8-11H2,1-2H3,(H,17,20)/t13?,14-,15+/m0/s1. The van der Waals surface area contributed by atoms with Gasteiger partial charge < -0.3 is 5.32 Å². The van der Waals surface area contributed by atoms with Crippen molar-refractivity contribution in [2.45, 2.75) is 24.8 Å². The summed E-state index contributed by atoms with van der Waals surface area (Å²) in [6.07, 6.45) is 1.55. The second kappa shape index (κ2) is 6.22. The molecule has 7 heteroatoms. The summed E-state index contributed by atoms with van der Waals surface area (Å²) >= 11 is 0. The smallest absolute Gasteiger partial charge is 0.281 e. The summed E-state index contributed by atoms with van der Waals surface area (Å²) in [4.78, 5) is 12.4. The van der Waals surface area contributed by atoms with Crippen molar-refractivity contribution in [1.82, 2.24) is 13.9 Å². The Hall–Kier alpha value is -1.44. The molecule has 1 aromatic carbocycles. The number of benzene rings is 1. The van der Waals surface area contributed by atoms with Crippen LogP contribution in [0, 0.1) is 5.92 Å². The number of carbonyl (C=O) groups excluding carboxylic acids is 1. The van der Waals surface area contributed by atoms with Crippen LogP contribution in [-0.2, 0) is 15.0 Å². The Morgan fingerprint density at radius 1 is 1.26 bits per heavy atom. The first-order chi connectivity index (χ1) is 10.9. The minimum absolute atomic E-state index is 0.0233. The van der Waals surface area contributed by atoms with Crippen LogP contribution in [0.2, 0.25) is 0 Å². The van der Waals surface area contributed by atoms with Gasteiger partial charge in [-0.25, -0.2) is 0 Å². The van der Waals surface area contributed by atoms with Crippen LogP contribution in [0.15, 0.2) is 30.3 Å². The molecule has 1 heterocycles. The van der Waals surface area contributed by atoms with Gasteiger partial charge in [0.25, 0.3) is 10.2 Å². The van der Waals surface area contributed by atoms with Crippen LogP contribution in [0.1, 0.15) is 24.3 Å². The average molecular weight is 337 g/mol. The number of hydrogen-bond donors (Lipinski definition) is 1. The molecule has 23 heavy (non-hydrogen) atoms. The van der Waals surface area contributed by atoms with Crippen LogP contribution in [0.3, 0.4) is 0 Å². The van der Waals surface area contributed by atoms with E-state index in [1.165, 1.54) is 28.3 Å². The topological polar surface area (TPSA) is 69.7 Å². The molecule has 2 aliphatic rings. The molecule has 1 aliphatic heterocycles. The third-order valence-corrected chi connectivity index (χ3v) is 6.56. The molecule has 1 N–H and O–H groups in total. The highest BCUT2D eigenvalue weighted by molar-refractivity contribution is 7.86. The molecule has 3 atom stereocenters. The van der Waals surface area contributed by atoms with Crippen molar-refractivity contribution in [3.63, 3.8) is 0 Å². The van der Waals surface area contributed by atoms with E-state index in [0.717, 1.165) is 6.42 Å². The van der Waals surface area contributed by atoms with E-state index < -0.39 is 10.2 Å². The first kappa shape index (κ1) is 16.4. The highest BCUT2D eigenvalue weighted by Crippen LogP contribution is 2.40. The van der Waals surface area contributed by atoms with Crippen LogP contribution in [-0.4, -0.2) is 56.2 Å². The molecule has 3 rings (SSSR count). The van der Waals surface area contributed by atoms with E-state index in [0.29, 0.717) is 18.9 Å². The highest BCUT2D eigenvalue weighted by atomic mass is 32.2. The van der Waals surface area contributed by atoms with Crippen LogP contribution < -0.4 is 5.32 Å². The van der Waals surface area contributed by atoms with Gasteiger partial charge >= 0.3 is 0 Å². The van der Waals surface area contributed by atoms with Gasteiger partial charge in [0, 0.05) is 39.1 Å². The predicted molar refractivity (Wildman–Crippen MR) is 88.0 cm³/mol. The van der Waals surface area contributed by atoms with Crippen molar-refractivity contribution in [2.75, 3.05) is 27.2 Å². The van der Waals surface area contributed by atoms with Gasteiger partial charge in [-0.2, -0.15) is 17.0 Å². The summed E-state index contributed by atoms with van der Waals surface area (Å²) in [6.45, 7) is 0.681. The Bertz CT molecular complexity index is 675. The van der Waals surface area contributed by atoms with Gasteiger partial charge in [0.05, 0.1) is 5.92 Å². The third kappa shape index (κ3) is 3.41. The van der Waals surface area contributed by atoms with Crippen molar-refractivity contribution < 1.29 is 13.2 Å². The maximum absolute atomic E-state index is 12.4. The lowest BCUT2D eigenvalue weighted by Crippen LogP contribution is -2.40. The van der Waals surface area contributed by atoms with Crippen molar-refractivity contribution in [3.05, 3.63) is 35.9 Å². The highest BCUT2D eigenvalue weighted by Gasteiger charge is 2.42. The molecule has 1 amide bonds. The van der Waals surface area contributed by atoms with E-state index in [9.17, 15) is 13.2 Å². The fourth-order valence-corrected chi connectivity index (χ4v) is 4.27. The Balaban J connectivity index is 1.53. The summed E-state index contributed by atoms with van der Waals surface area (Å²) in [5.74, 6) is 0.120. The Morgan fingerprint density at radius 3 is 2.61 bits per heavy atom. The minimum Gasteiger partial charge on any atom is -0.352 e. The number of rotatable bonds is 5. The fraction of sp³-hybridized carbons (Fsp3) is 0.562. The fourth-order valence-electron chi connectivity index (χ4n) is 3.11. The maximum atomic E-state index is 12.4. The van der Waals surface area contributed by atoms with Gasteiger partial charge in [-0.05, 0) is 18.4 Å². The first-order valence-corrected chi connectivity index (χ1v) is 9.32. The zero-order valence-corrected chi connectivity index (χ0v) is 14.3. The number of nitrogens with zero attached hydrogens (tertiary/aromatic N) is 2. The first-order valence-electron chi connectivity index (χ1n) is 7.92. The van der Waals surface area contributed by atoms with E-state index in [-0.39, 0.29) is 24.4 Å². The second-order valence-corrected chi connectivity index (χ2v) is 8.64. The molecular formula is C16H23N3O3S. The Morgan fingerprint density at radius 2 is 1.96 bits per heavy atom. The summed E-state index contributed by atoms with van der Waals surface area (Å²) in [7, 11) is -0.400. The molecule has 1 saturated carbocycles. The van der Waals surface area contributed by atoms with Gasteiger partial charge in [0.2, 0.25) is 5.91 Å². The number of hydrogen-bond acceptors (Lipinski definition) is 3. The maximum Gasteiger partial charge on any atom is 0.281 e. The second-order valence-electron chi connectivity index (χ2n) is 6.50. The van der Waals surface area contributed by atoms with Gasteiger partial charge in [-0.15, -0.1) is 0 Å². The number of nitrogens with one attached hydrogen (secondary N) is 1. The molecule has 2 fully saturated rings. The molecule has 6 nitrogen and oxygen atoms in total. The van der Waals surface area contributed by atoms with E-state index in [1.807, 2.05) is 18.2 Å². The molecule has 1 aliphatic carbocycles. The van der Waals surface area contributed by atoms with Crippen molar-refractivity contribution in [3.8, 4) is 0 Å². The number of amides is 1. The quantitative estimate of drug-likeness (QED) is 0.863. The SMILES string of the molecule is CN(C)S(=O)(=O)N1CCC(C(=O)N[C@@H]2C[C@H]2c2ccccc2)C1. The van der Waals surface area contributed by atoms with E-state index in [1.54, 1.807) is 0 Å². The molecule has 126 valence electrons. The van der Waals surface area contributed by atoms with Crippen LogP contribution in [0.5, 0.6) is 0 Å². The van der Waals surface area contributed by atoms with E-state index in [2.05, 4.69) is 17.4 Å². The summed E-state index contributed by atoms with van der Waals surface area (Å²) in [5.41, 5.74) is 1.25. The number of carbonyl (C=O) groups is 1. The van der Waals surface area contributed by atoms with Crippen LogP contribution >= 0.6 is 0 Å². The van der Waals surface area contributed by atoms with Gasteiger partial charge in [0.15, 0.2) is 0 Å². The molecular weight excluding hydrogens is 314 g/mol. The summed E-state index contributed by atoms with van der Waals surface area (Å²) in [5, 5.41) is 3.07. The van der Waals surface area contributed by atoms with Crippen molar-refractivity contribution in [1.29, 1.82) is 0 Å². The molecule has 0 aromatic heterocycles. The lowest BCUT2D eigenvalue weighted by Gasteiger charge is -2.20. The van der Waals surface area contributed by atoms with Gasteiger partial charge in [-0.1, -0.05) is 30.3 Å². The van der Waals surface area contributed by atoms with Gasteiger partial charge in [-0.3, -0.25) is 4.79 Å². The van der Waals surface area contributed by atoms with Crippen LogP contribution in [0.4, 0.5) is 0 Å². The van der Waals surface area contributed by atoms with E-state index in [4.69, 9.17) is 0 Å².